The van der Waals surface area contributed by atoms with Gasteiger partial charge in [0.15, 0.2) is 0 Å². The van der Waals surface area contributed by atoms with Gasteiger partial charge in [0.1, 0.15) is 11.8 Å². The van der Waals surface area contributed by atoms with Crippen LogP contribution in [0.1, 0.15) is 45.2 Å². The number of thioether (sulfide) groups is 1. The lowest BCUT2D eigenvalue weighted by Crippen LogP contribution is -2.32. The van der Waals surface area contributed by atoms with Crippen molar-refractivity contribution in [3.63, 3.8) is 0 Å². The van der Waals surface area contributed by atoms with Gasteiger partial charge in [-0.1, -0.05) is 48.0 Å². The van der Waals surface area contributed by atoms with Gasteiger partial charge in [-0.3, -0.25) is 4.79 Å². The van der Waals surface area contributed by atoms with Gasteiger partial charge in [0, 0.05) is 15.7 Å². The van der Waals surface area contributed by atoms with Crippen molar-refractivity contribution < 1.29 is 9.53 Å². The van der Waals surface area contributed by atoms with Crippen LogP contribution in [0.4, 0.5) is 5.95 Å². The second-order valence-electron chi connectivity index (χ2n) is 6.41. The van der Waals surface area contributed by atoms with Crippen molar-refractivity contribution in [1.29, 1.82) is 0 Å². The van der Waals surface area contributed by atoms with Gasteiger partial charge in [-0.05, 0) is 37.3 Å². The Morgan fingerprint density at radius 1 is 1.43 bits per heavy atom. The van der Waals surface area contributed by atoms with E-state index in [0.29, 0.717) is 34.7 Å². The molecule has 3 rings (SSSR count). The zero-order valence-electron chi connectivity index (χ0n) is 16.2. The van der Waals surface area contributed by atoms with Crippen LogP contribution in [0.2, 0.25) is 0 Å². The molecular formula is C19H24BrN5O2S. The van der Waals surface area contributed by atoms with Gasteiger partial charge in [0.25, 0.3) is 0 Å². The van der Waals surface area contributed by atoms with Gasteiger partial charge in [-0.15, -0.1) is 5.10 Å². The van der Waals surface area contributed by atoms with Crippen molar-refractivity contribution >= 4 is 39.5 Å². The number of hydrogen-bond acceptors (Lipinski definition) is 6. The van der Waals surface area contributed by atoms with E-state index in [1.807, 2.05) is 32.0 Å². The summed E-state index contributed by atoms with van der Waals surface area (Å²) in [6, 6.07) is 5.27. The zero-order chi connectivity index (χ0) is 20.3. The molecule has 1 amide bonds. The van der Waals surface area contributed by atoms with Crippen LogP contribution in [0.15, 0.2) is 39.1 Å². The molecule has 1 atom stereocenters. The molecule has 2 aromatic rings. The van der Waals surface area contributed by atoms with E-state index < -0.39 is 11.9 Å². The highest BCUT2D eigenvalue weighted by atomic mass is 79.9. The predicted molar refractivity (Wildman–Crippen MR) is 115 cm³/mol. The lowest BCUT2D eigenvalue weighted by molar-refractivity contribution is -0.115. The first kappa shape index (κ1) is 20.7. The number of unbranched alkanes of at least 4 members (excludes halogenated alkanes) is 1. The number of ether oxygens (including phenoxy) is 1. The van der Waals surface area contributed by atoms with Crippen LogP contribution >= 0.6 is 27.7 Å². The Bertz CT molecular complexity index is 912. The summed E-state index contributed by atoms with van der Waals surface area (Å²) in [6.45, 7) is 6.59. The summed E-state index contributed by atoms with van der Waals surface area (Å²) in [5.74, 6) is 1.65. The first-order chi connectivity index (χ1) is 13.5. The number of nitrogens with two attached hydrogens (primary N) is 1. The molecule has 0 bridgehead atoms. The number of nitrogens with zero attached hydrogens (tertiary/aromatic N) is 3. The SMILES string of the molecule is CCCCOc1ccc(Br)cc1C1C(C(N)=O)=C(C)Nc2nc(SCC)nn21. The summed E-state index contributed by atoms with van der Waals surface area (Å²) < 4.78 is 8.64. The minimum atomic E-state index is -0.512. The quantitative estimate of drug-likeness (QED) is 0.449. The molecule has 0 saturated heterocycles. The maximum Gasteiger partial charge on any atom is 0.248 e. The van der Waals surface area contributed by atoms with E-state index in [1.165, 1.54) is 0 Å². The molecule has 28 heavy (non-hydrogen) atoms. The number of carbonyl (C=O) groups excluding carboxylic acids is 1. The maximum absolute atomic E-state index is 12.4. The molecule has 1 aliphatic heterocycles. The summed E-state index contributed by atoms with van der Waals surface area (Å²) in [7, 11) is 0. The van der Waals surface area contributed by atoms with E-state index >= 15 is 0 Å². The van der Waals surface area contributed by atoms with Gasteiger partial charge in [0.2, 0.25) is 17.0 Å². The van der Waals surface area contributed by atoms with Crippen molar-refractivity contribution in [2.75, 3.05) is 17.7 Å². The van der Waals surface area contributed by atoms with Crippen molar-refractivity contribution in [3.05, 3.63) is 39.5 Å². The summed E-state index contributed by atoms with van der Waals surface area (Å²) in [6.07, 6.45) is 1.99. The standard InChI is InChI=1S/C19H24BrN5O2S/c1-4-6-9-27-14-8-7-12(20)10-13(14)16-15(17(21)26)11(3)22-18-23-19(28-5-2)24-25(16)18/h7-8,10,16H,4-6,9H2,1-3H3,(H2,21,26)(H,22,23,24). The number of allylic oxidation sites excluding steroid dienone is 1. The van der Waals surface area contributed by atoms with Crippen molar-refractivity contribution in [1.82, 2.24) is 14.8 Å². The van der Waals surface area contributed by atoms with Gasteiger partial charge in [-0.25, -0.2) is 4.68 Å². The van der Waals surface area contributed by atoms with Crippen LogP contribution < -0.4 is 15.8 Å². The molecule has 0 aliphatic carbocycles. The van der Waals surface area contributed by atoms with E-state index in [-0.39, 0.29) is 0 Å². The van der Waals surface area contributed by atoms with Crippen LogP contribution in [0.25, 0.3) is 0 Å². The lowest BCUT2D eigenvalue weighted by atomic mass is 9.94. The molecule has 2 heterocycles. The number of benzene rings is 1. The fourth-order valence-corrected chi connectivity index (χ4v) is 4.05. The molecular weight excluding hydrogens is 442 g/mol. The summed E-state index contributed by atoms with van der Waals surface area (Å²) in [4.78, 5) is 16.9. The molecule has 1 aromatic heterocycles. The number of primary amides is 1. The zero-order valence-corrected chi connectivity index (χ0v) is 18.6. The smallest absolute Gasteiger partial charge is 0.248 e. The van der Waals surface area contributed by atoms with E-state index in [2.05, 4.69) is 38.3 Å². The third kappa shape index (κ3) is 4.20. The molecule has 1 unspecified atom stereocenters. The van der Waals surface area contributed by atoms with Crippen molar-refractivity contribution in [2.45, 2.75) is 44.8 Å². The molecule has 0 saturated carbocycles. The summed E-state index contributed by atoms with van der Waals surface area (Å²) in [5, 5.41) is 8.43. The predicted octanol–water partition coefficient (Wildman–Crippen LogP) is 4.11. The number of amides is 1. The molecule has 150 valence electrons. The first-order valence-corrected chi connectivity index (χ1v) is 11.0. The molecule has 3 N–H and O–H groups in total. The Balaban J connectivity index is 2.14. The highest BCUT2D eigenvalue weighted by molar-refractivity contribution is 9.10. The molecule has 9 heteroatoms. The second-order valence-corrected chi connectivity index (χ2v) is 8.56. The number of nitrogens with one attached hydrogen (secondary N) is 1. The van der Waals surface area contributed by atoms with E-state index in [4.69, 9.17) is 10.5 Å². The first-order valence-electron chi connectivity index (χ1n) is 9.25. The van der Waals surface area contributed by atoms with Crippen LogP contribution in [0.3, 0.4) is 0 Å². The maximum atomic E-state index is 12.4. The summed E-state index contributed by atoms with van der Waals surface area (Å²) >= 11 is 5.08. The average Bonchev–Trinajstić information content (AvgIpc) is 3.04. The normalized spacial score (nSPS) is 15.9. The number of anilines is 1. The molecule has 0 radical (unpaired) electrons. The topological polar surface area (TPSA) is 95.1 Å². The Kier molecular flexibility index (Phi) is 6.66. The number of hydrogen-bond donors (Lipinski definition) is 2. The van der Waals surface area contributed by atoms with Crippen LogP contribution in [0.5, 0.6) is 5.75 Å². The molecule has 1 aliphatic rings. The third-order valence-corrected chi connectivity index (χ3v) is 5.61. The number of halogens is 1. The third-order valence-electron chi connectivity index (χ3n) is 4.39. The van der Waals surface area contributed by atoms with E-state index in [0.717, 1.165) is 28.6 Å². The lowest BCUT2D eigenvalue weighted by Gasteiger charge is -2.29. The molecule has 7 nitrogen and oxygen atoms in total. The van der Waals surface area contributed by atoms with Crippen molar-refractivity contribution in [2.24, 2.45) is 5.73 Å². The minimum Gasteiger partial charge on any atom is -0.493 e. The van der Waals surface area contributed by atoms with Gasteiger partial charge in [-0.2, -0.15) is 4.98 Å². The highest BCUT2D eigenvalue weighted by Gasteiger charge is 2.35. The number of rotatable bonds is 8. The fourth-order valence-electron chi connectivity index (χ4n) is 3.12. The van der Waals surface area contributed by atoms with E-state index in [9.17, 15) is 4.79 Å². The van der Waals surface area contributed by atoms with E-state index in [1.54, 1.807) is 16.4 Å². The van der Waals surface area contributed by atoms with Crippen molar-refractivity contribution in [3.8, 4) is 5.75 Å². The fraction of sp³-hybridized carbons (Fsp3) is 0.421. The number of aromatic nitrogens is 3. The Hall–Kier alpha value is -2.00. The molecule has 0 fully saturated rings. The average molecular weight is 466 g/mol. The Morgan fingerprint density at radius 3 is 2.89 bits per heavy atom. The second kappa shape index (κ2) is 9.00. The largest absolute Gasteiger partial charge is 0.493 e. The van der Waals surface area contributed by atoms with Gasteiger partial charge >= 0.3 is 0 Å². The Labute approximate surface area is 177 Å². The molecule has 0 spiro atoms. The van der Waals surface area contributed by atoms with Gasteiger partial charge in [0.05, 0.1) is 12.2 Å². The van der Waals surface area contributed by atoms with Crippen LogP contribution in [-0.4, -0.2) is 33.0 Å². The van der Waals surface area contributed by atoms with Crippen LogP contribution in [0, 0.1) is 0 Å². The molecule has 1 aromatic carbocycles. The minimum absolute atomic E-state index is 0.448. The number of carbonyl (C=O) groups is 1. The number of fused-ring (bicyclic) bond motifs is 1. The highest BCUT2D eigenvalue weighted by Crippen LogP contribution is 2.40. The summed E-state index contributed by atoms with van der Waals surface area (Å²) in [5.41, 5.74) is 7.70. The Morgan fingerprint density at radius 2 is 2.21 bits per heavy atom. The monoisotopic (exact) mass is 465 g/mol. The van der Waals surface area contributed by atoms with Gasteiger partial charge < -0.3 is 15.8 Å². The van der Waals surface area contributed by atoms with Crippen LogP contribution in [-0.2, 0) is 4.79 Å².